The Morgan fingerprint density at radius 2 is 1.82 bits per heavy atom. The van der Waals surface area contributed by atoms with Crippen LogP contribution in [-0.4, -0.2) is 35.5 Å². The van der Waals surface area contributed by atoms with Crippen molar-refractivity contribution in [3.63, 3.8) is 0 Å². The van der Waals surface area contributed by atoms with Crippen molar-refractivity contribution < 1.29 is 23.9 Å². The van der Waals surface area contributed by atoms with Gasteiger partial charge in [0.2, 0.25) is 6.79 Å². The molecule has 1 heterocycles. The SMILES string of the molecule is CCC(CC)(CNC(=O)OC(C)(C)C)NCc1cc2c(cc1[N+](=O)[O-])OCO2. The minimum absolute atomic E-state index is 0.0297. The highest BCUT2D eigenvalue weighted by atomic mass is 16.7. The summed E-state index contributed by atoms with van der Waals surface area (Å²) in [7, 11) is 0. The van der Waals surface area contributed by atoms with Crippen LogP contribution in [0.4, 0.5) is 10.5 Å². The topological polar surface area (TPSA) is 112 Å². The molecule has 1 aromatic carbocycles. The molecule has 1 aromatic rings. The van der Waals surface area contributed by atoms with Gasteiger partial charge in [-0.2, -0.15) is 0 Å². The second-order valence-electron chi connectivity index (χ2n) is 7.79. The molecule has 2 rings (SSSR count). The fourth-order valence-electron chi connectivity index (χ4n) is 2.94. The van der Waals surface area contributed by atoms with Crippen LogP contribution in [0.25, 0.3) is 0 Å². The molecule has 28 heavy (non-hydrogen) atoms. The molecule has 0 saturated carbocycles. The summed E-state index contributed by atoms with van der Waals surface area (Å²) in [4.78, 5) is 23.0. The Kier molecular flexibility index (Phi) is 6.71. The third-order valence-corrected chi connectivity index (χ3v) is 4.75. The molecule has 1 amide bonds. The van der Waals surface area contributed by atoms with E-state index in [1.165, 1.54) is 6.07 Å². The van der Waals surface area contributed by atoms with Gasteiger partial charge in [0.05, 0.1) is 11.0 Å². The number of ether oxygens (including phenoxy) is 3. The number of alkyl carbamates (subject to hydrolysis) is 1. The monoisotopic (exact) mass is 395 g/mol. The molecule has 0 radical (unpaired) electrons. The zero-order valence-corrected chi connectivity index (χ0v) is 17.1. The summed E-state index contributed by atoms with van der Waals surface area (Å²) in [6.45, 7) is 10.1. The Morgan fingerprint density at radius 3 is 2.36 bits per heavy atom. The van der Waals surface area contributed by atoms with E-state index in [1.54, 1.807) is 26.8 Å². The van der Waals surface area contributed by atoms with Gasteiger partial charge in [-0.3, -0.25) is 10.1 Å². The Labute approximate surface area is 164 Å². The molecule has 0 aromatic heterocycles. The van der Waals surface area contributed by atoms with E-state index in [9.17, 15) is 14.9 Å². The average Bonchev–Trinajstić information content (AvgIpc) is 3.07. The molecule has 0 atom stereocenters. The molecule has 9 heteroatoms. The predicted octanol–water partition coefficient (Wildman–Crippen LogP) is 3.50. The maximum atomic E-state index is 12.0. The molecule has 0 saturated heterocycles. The standard InChI is InChI=1S/C19H29N3O6/c1-6-19(7-2,11-20-17(23)28-18(3,4)5)21-10-13-8-15-16(27-12-26-15)9-14(13)22(24)25/h8-9,21H,6-7,10-12H2,1-5H3,(H,20,23). The first-order valence-corrected chi connectivity index (χ1v) is 9.38. The van der Waals surface area contributed by atoms with Crippen LogP contribution in [-0.2, 0) is 11.3 Å². The highest BCUT2D eigenvalue weighted by Gasteiger charge is 2.30. The van der Waals surface area contributed by atoms with E-state index in [2.05, 4.69) is 10.6 Å². The maximum absolute atomic E-state index is 12.0. The molecule has 0 fully saturated rings. The zero-order valence-electron chi connectivity index (χ0n) is 17.1. The molecule has 0 bridgehead atoms. The first-order chi connectivity index (χ1) is 13.1. The molecule has 1 aliphatic rings. The van der Waals surface area contributed by atoms with Gasteiger partial charge >= 0.3 is 6.09 Å². The first kappa shape index (κ1) is 21.7. The van der Waals surface area contributed by atoms with Gasteiger partial charge in [-0.25, -0.2) is 4.79 Å². The predicted molar refractivity (Wildman–Crippen MR) is 104 cm³/mol. The van der Waals surface area contributed by atoms with Gasteiger partial charge in [-0.1, -0.05) is 13.8 Å². The minimum atomic E-state index is -0.578. The van der Waals surface area contributed by atoms with Crippen molar-refractivity contribution >= 4 is 11.8 Å². The van der Waals surface area contributed by atoms with Crippen molar-refractivity contribution in [1.29, 1.82) is 0 Å². The number of rotatable bonds is 8. The summed E-state index contributed by atoms with van der Waals surface area (Å²) in [5.41, 5.74) is -0.539. The Balaban J connectivity index is 2.10. The molecule has 1 aliphatic heterocycles. The van der Waals surface area contributed by atoms with Crippen LogP contribution in [0.2, 0.25) is 0 Å². The largest absolute Gasteiger partial charge is 0.454 e. The number of hydrogen-bond donors (Lipinski definition) is 2. The number of nitro benzene ring substituents is 1. The number of fused-ring (bicyclic) bond motifs is 1. The summed E-state index contributed by atoms with van der Waals surface area (Å²) in [5, 5.41) is 17.6. The second kappa shape index (κ2) is 8.64. The molecule has 2 N–H and O–H groups in total. The fraction of sp³-hybridized carbons (Fsp3) is 0.632. The van der Waals surface area contributed by atoms with E-state index in [0.29, 0.717) is 23.6 Å². The van der Waals surface area contributed by atoms with E-state index in [0.717, 1.165) is 12.8 Å². The van der Waals surface area contributed by atoms with Gasteiger partial charge in [0.15, 0.2) is 11.5 Å². The number of hydrogen-bond acceptors (Lipinski definition) is 7. The highest BCUT2D eigenvalue weighted by molar-refractivity contribution is 5.67. The van der Waals surface area contributed by atoms with E-state index >= 15 is 0 Å². The van der Waals surface area contributed by atoms with Crippen molar-refractivity contribution in [3.8, 4) is 11.5 Å². The molecule has 0 unspecified atom stereocenters. The normalized spacial score (nSPS) is 13.3. The number of carbonyl (C=O) groups is 1. The van der Waals surface area contributed by atoms with Crippen LogP contribution in [0, 0.1) is 10.1 Å². The van der Waals surface area contributed by atoms with Gasteiger partial charge in [0.25, 0.3) is 5.69 Å². The van der Waals surface area contributed by atoms with Gasteiger partial charge in [-0.05, 0) is 39.7 Å². The third-order valence-electron chi connectivity index (χ3n) is 4.75. The van der Waals surface area contributed by atoms with Crippen molar-refractivity contribution in [2.45, 2.75) is 65.1 Å². The van der Waals surface area contributed by atoms with E-state index in [-0.39, 0.29) is 19.0 Å². The zero-order chi connectivity index (χ0) is 20.9. The minimum Gasteiger partial charge on any atom is -0.454 e. The van der Waals surface area contributed by atoms with E-state index in [4.69, 9.17) is 14.2 Å². The highest BCUT2D eigenvalue weighted by Crippen LogP contribution is 2.38. The Morgan fingerprint density at radius 1 is 1.21 bits per heavy atom. The van der Waals surface area contributed by atoms with Crippen LogP contribution < -0.4 is 20.1 Å². The van der Waals surface area contributed by atoms with Crippen molar-refractivity contribution in [1.82, 2.24) is 10.6 Å². The van der Waals surface area contributed by atoms with Crippen LogP contribution in [0.1, 0.15) is 53.0 Å². The number of nitro groups is 1. The smallest absolute Gasteiger partial charge is 0.407 e. The van der Waals surface area contributed by atoms with Gasteiger partial charge < -0.3 is 24.8 Å². The van der Waals surface area contributed by atoms with E-state index in [1.807, 2.05) is 13.8 Å². The fourth-order valence-corrected chi connectivity index (χ4v) is 2.94. The number of carbonyl (C=O) groups excluding carboxylic acids is 1. The van der Waals surface area contributed by atoms with Gasteiger partial charge in [0, 0.05) is 24.2 Å². The lowest BCUT2D eigenvalue weighted by atomic mass is 9.92. The van der Waals surface area contributed by atoms with Crippen LogP contribution in [0.15, 0.2) is 12.1 Å². The number of nitrogens with zero attached hydrogens (tertiary/aromatic N) is 1. The number of benzene rings is 1. The molecule has 0 spiro atoms. The van der Waals surface area contributed by atoms with Gasteiger partial charge in [-0.15, -0.1) is 0 Å². The lowest BCUT2D eigenvalue weighted by Gasteiger charge is -2.33. The van der Waals surface area contributed by atoms with Crippen molar-refractivity contribution in [2.75, 3.05) is 13.3 Å². The Bertz CT molecular complexity index is 725. The molecular formula is C19H29N3O6. The van der Waals surface area contributed by atoms with Crippen LogP contribution >= 0.6 is 0 Å². The van der Waals surface area contributed by atoms with Crippen molar-refractivity contribution in [3.05, 3.63) is 27.8 Å². The molecule has 9 nitrogen and oxygen atoms in total. The summed E-state index contributed by atoms with van der Waals surface area (Å²) in [5.74, 6) is 0.868. The average molecular weight is 395 g/mol. The van der Waals surface area contributed by atoms with Crippen LogP contribution in [0.3, 0.4) is 0 Å². The quantitative estimate of drug-likeness (QED) is 0.512. The third kappa shape index (κ3) is 5.48. The summed E-state index contributed by atoms with van der Waals surface area (Å²) in [6.07, 6.45) is 0.949. The second-order valence-corrected chi connectivity index (χ2v) is 7.79. The molecular weight excluding hydrogens is 366 g/mol. The first-order valence-electron chi connectivity index (χ1n) is 9.38. The van der Waals surface area contributed by atoms with Crippen LogP contribution in [0.5, 0.6) is 11.5 Å². The van der Waals surface area contributed by atoms with E-state index < -0.39 is 22.2 Å². The summed E-state index contributed by atoms with van der Waals surface area (Å²) >= 11 is 0. The number of nitrogens with one attached hydrogen (secondary N) is 2. The molecule has 156 valence electrons. The summed E-state index contributed by atoms with van der Waals surface area (Å²) < 4.78 is 15.9. The lowest BCUT2D eigenvalue weighted by molar-refractivity contribution is -0.385. The molecule has 0 aliphatic carbocycles. The Hall–Kier alpha value is -2.55. The van der Waals surface area contributed by atoms with Gasteiger partial charge in [0.1, 0.15) is 5.60 Å². The lowest BCUT2D eigenvalue weighted by Crippen LogP contribution is -2.53. The summed E-state index contributed by atoms with van der Waals surface area (Å²) in [6, 6.07) is 3.02. The maximum Gasteiger partial charge on any atom is 0.407 e. The van der Waals surface area contributed by atoms with Crippen molar-refractivity contribution in [2.24, 2.45) is 0 Å². The number of amides is 1.